The molecule has 0 atom stereocenters. The molecule has 0 aliphatic carbocycles. The average molecular weight is 296 g/mol. The van der Waals surface area contributed by atoms with Gasteiger partial charge in [0.25, 0.3) is 0 Å². The Hall–Kier alpha value is -3.27. The van der Waals surface area contributed by atoms with Gasteiger partial charge in [-0.05, 0) is 24.3 Å². The van der Waals surface area contributed by atoms with E-state index < -0.39 is 5.97 Å². The van der Waals surface area contributed by atoms with Crippen LogP contribution in [-0.4, -0.2) is 22.5 Å². The van der Waals surface area contributed by atoms with E-state index in [0.717, 1.165) is 0 Å². The normalized spacial score (nSPS) is 10.4. The van der Waals surface area contributed by atoms with Crippen molar-refractivity contribution in [1.29, 1.82) is 5.26 Å². The van der Waals surface area contributed by atoms with E-state index in [1.165, 1.54) is 13.2 Å². The minimum Gasteiger partial charge on any atom is -0.463 e. The molecule has 0 aliphatic heterocycles. The van der Waals surface area contributed by atoms with E-state index in [-0.39, 0.29) is 5.76 Å². The fourth-order valence-electron chi connectivity index (χ4n) is 2.08. The lowest BCUT2D eigenvalue weighted by Crippen LogP contribution is -2.01. The highest BCUT2D eigenvalue weighted by atomic mass is 16.5. The summed E-state index contributed by atoms with van der Waals surface area (Å²) in [5, 5.41) is 12.3. The molecule has 7 heteroatoms. The summed E-state index contributed by atoms with van der Waals surface area (Å²) in [5.74, 6) is 0.609. The van der Waals surface area contributed by atoms with Crippen molar-refractivity contribution in [1.82, 2.24) is 9.38 Å². The Balaban J connectivity index is 1.81. The Morgan fingerprint density at radius 1 is 1.45 bits per heavy atom. The number of pyridine rings is 1. The molecule has 0 amide bonds. The number of hydrogen-bond donors (Lipinski definition) is 1. The molecule has 3 rings (SSSR count). The number of fused-ring (bicyclic) bond motifs is 1. The second-order valence-corrected chi connectivity index (χ2v) is 4.46. The number of furan rings is 1. The van der Waals surface area contributed by atoms with Gasteiger partial charge in [0.2, 0.25) is 5.76 Å². The minimum atomic E-state index is -0.531. The highest BCUT2D eigenvalue weighted by Gasteiger charge is 2.13. The lowest BCUT2D eigenvalue weighted by molar-refractivity contribution is 0.0563. The number of aromatic nitrogens is 2. The average Bonchev–Trinajstić information content (AvgIpc) is 3.16. The number of ether oxygens (including phenoxy) is 1. The van der Waals surface area contributed by atoms with Crippen molar-refractivity contribution in [2.75, 3.05) is 12.4 Å². The third kappa shape index (κ3) is 2.38. The standard InChI is InChI=1S/C15H12N4O3/c1-21-15(20)12-6-5-10(22-12)9-17-14-11(8-16)19-7-3-2-4-13(19)18-14/h2-7,17H,9H2,1H3. The first-order valence-electron chi connectivity index (χ1n) is 6.51. The zero-order valence-corrected chi connectivity index (χ0v) is 11.7. The maximum atomic E-state index is 11.3. The number of esters is 1. The van der Waals surface area contributed by atoms with Crippen LogP contribution in [0.5, 0.6) is 0 Å². The van der Waals surface area contributed by atoms with Gasteiger partial charge in [-0.2, -0.15) is 5.26 Å². The van der Waals surface area contributed by atoms with Crippen molar-refractivity contribution in [2.24, 2.45) is 0 Å². The number of rotatable bonds is 4. The fourth-order valence-corrected chi connectivity index (χ4v) is 2.08. The monoisotopic (exact) mass is 296 g/mol. The molecule has 0 bridgehead atoms. The van der Waals surface area contributed by atoms with Crippen LogP contribution in [0, 0.1) is 11.3 Å². The van der Waals surface area contributed by atoms with Crippen molar-refractivity contribution in [3.05, 3.63) is 53.7 Å². The molecular formula is C15H12N4O3. The molecule has 3 aromatic heterocycles. The third-order valence-electron chi connectivity index (χ3n) is 3.11. The van der Waals surface area contributed by atoms with E-state index in [0.29, 0.717) is 29.5 Å². The number of hydrogen-bond acceptors (Lipinski definition) is 6. The molecule has 7 nitrogen and oxygen atoms in total. The maximum Gasteiger partial charge on any atom is 0.373 e. The summed E-state index contributed by atoms with van der Waals surface area (Å²) in [7, 11) is 1.29. The van der Waals surface area contributed by atoms with Crippen LogP contribution in [0.4, 0.5) is 5.82 Å². The van der Waals surface area contributed by atoms with Gasteiger partial charge in [0, 0.05) is 6.20 Å². The van der Waals surface area contributed by atoms with Crippen molar-refractivity contribution in [2.45, 2.75) is 6.54 Å². The molecule has 0 fully saturated rings. The second-order valence-electron chi connectivity index (χ2n) is 4.46. The van der Waals surface area contributed by atoms with E-state index in [1.54, 1.807) is 16.7 Å². The van der Waals surface area contributed by atoms with Gasteiger partial charge < -0.3 is 14.5 Å². The van der Waals surface area contributed by atoms with Gasteiger partial charge in [-0.3, -0.25) is 4.40 Å². The number of methoxy groups -OCH3 is 1. The summed E-state index contributed by atoms with van der Waals surface area (Å²) >= 11 is 0. The molecule has 0 unspecified atom stereocenters. The smallest absolute Gasteiger partial charge is 0.373 e. The number of carbonyl (C=O) groups is 1. The molecular weight excluding hydrogens is 284 g/mol. The zero-order chi connectivity index (χ0) is 15.5. The van der Waals surface area contributed by atoms with Crippen LogP contribution >= 0.6 is 0 Å². The lowest BCUT2D eigenvalue weighted by atomic mass is 10.4. The van der Waals surface area contributed by atoms with Gasteiger partial charge in [-0.25, -0.2) is 9.78 Å². The lowest BCUT2D eigenvalue weighted by Gasteiger charge is -2.00. The molecule has 3 heterocycles. The van der Waals surface area contributed by atoms with Crippen LogP contribution in [0.2, 0.25) is 0 Å². The number of nitrogens with one attached hydrogen (secondary N) is 1. The van der Waals surface area contributed by atoms with Crippen molar-refractivity contribution in [3.63, 3.8) is 0 Å². The second kappa shape index (κ2) is 5.61. The molecule has 0 spiro atoms. The molecule has 0 saturated carbocycles. The van der Waals surface area contributed by atoms with Crippen LogP contribution in [0.25, 0.3) is 5.65 Å². The van der Waals surface area contributed by atoms with Crippen molar-refractivity contribution < 1.29 is 13.9 Å². The maximum absolute atomic E-state index is 11.3. The molecule has 110 valence electrons. The Morgan fingerprint density at radius 3 is 3.09 bits per heavy atom. The highest BCUT2D eigenvalue weighted by Crippen LogP contribution is 2.18. The number of nitriles is 1. The molecule has 0 saturated heterocycles. The molecule has 0 aliphatic rings. The predicted octanol–water partition coefficient (Wildman–Crippen LogP) is 2.20. The zero-order valence-electron chi connectivity index (χ0n) is 11.7. The topological polar surface area (TPSA) is 92.6 Å². The Bertz CT molecular complexity index is 872. The van der Waals surface area contributed by atoms with Crippen LogP contribution in [0.15, 0.2) is 40.9 Å². The summed E-state index contributed by atoms with van der Waals surface area (Å²) in [5.41, 5.74) is 1.09. The van der Waals surface area contributed by atoms with Gasteiger partial charge in [-0.1, -0.05) is 6.07 Å². The summed E-state index contributed by atoms with van der Waals surface area (Å²) in [6.45, 7) is 0.301. The summed E-state index contributed by atoms with van der Waals surface area (Å²) < 4.78 is 11.6. The van der Waals surface area contributed by atoms with Crippen molar-refractivity contribution >= 4 is 17.4 Å². The van der Waals surface area contributed by atoms with E-state index in [4.69, 9.17) is 4.42 Å². The minimum absolute atomic E-state index is 0.134. The molecule has 1 N–H and O–H groups in total. The van der Waals surface area contributed by atoms with Crippen LogP contribution in [0.1, 0.15) is 22.0 Å². The quantitative estimate of drug-likeness (QED) is 0.742. The predicted molar refractivity (Wildman–Crippen MR) is 77.3 cm³/mol. The molecule has 22 heavy (non-hydrogen) atoms. The first-order chi connectivity index (χ1) is 10.7. The van der Waals surface area contributed by atoms with Gasteiger partial charge in [-0.15, -0.1) is 0 Å². The van der Waals surface area contributed by atoms with Gasteiger partial charge >= 0.3 is 5.97 Å². The van der Waals surface area contributed by atoms with E-state index in [1.807, 2.05) is 18.2 Å². The Labute approximate surface area is 125 Å². The largest absolute Gasteiger partial charge is 0.463 e. The van der Waals surface area contributed by atoms with E-state index >= 15 is 0 Å². The summed E-state index contributed by atoms with van der Waals surface area (Å²) in [6.07, 6.45) is 1.77. The first-order valence-corrected chi connectivity index (χ1v) is 6.51. The van der Waals surface area contributed by atoms with Crippen LogP contribution < -0.4 is 5.32 Å². The number of carbonyl (C=O) groups excluding carboxylic acids is 1. The summed E-state index contributed by atoms with van der Waals surface area (Å²) in [4.78, 5) is 15.7. The SMILES string of the molecule is COC(=O)c1ccc(CNc2nc3ccccn3c2C#N)o1. The van der Waals surface area contributed by atoms with Gasteiger partial charge in [0.1, 0.15) is 17.5 Å². The Kier molecular flexibility index (Phi) is 3.50. The Morgan fingerprint density at radius 2 is 2.32 bits per heavy atom. The third-order valence-corrected chi connectivity index (χ3v) is 3.11. The molecule has 3 aromatic rings. The van der Waals surface area contributed by atoms with Gasteiger partial charge in [0.15, 0.2) is 11.5 Å². The summed E-state index contributed by atoms with van der Waals surface area (Å²) in [6, 6.07) is 10.8. The number of anilines is 1. The first kappa shape index (κ1) is 13.7. The van der Waals surface area contributed by atoms with Crippen LogP contribution in [-0.2, 0) is 11.3 Å². The number of nitrogens with zero attached hydrogens (tertiary/aromatic N) is 3. The number of imidazole rings is 1. The van der Waals surface area contributed by atoms with E-state index in [2.05, 4.69) is 21.1 Å². The van der Waals surface area contributed by atoms with Crippen molar-refractivity contribution in [3.8, 4) is 6.07 Å². The van der Waals surface area contributed by atoms with Gasteiger partial charge in [0.05, 0.1) is 13.7 Å². The highest BCUT2D eigenvalue weighted by molar-refractivity contribution is 5.86. The van der Waals surface area contributed by atoms with E-state index in [9.17, 15) is 10.1 Å². The molecule has 0 radical (unpaired) electrons. The fraction of sp³-hybridized carbons (Fsp3) is 0.133. The van der Waals surface area contributed by atoms with Crippen LogP contribution in [0.3, 0.4) is 0 Å². The molecule has 0 aromatic carbocycles.